The minimum absolute atomic E-state index is 0.104. The Morgan fingerprint density at radius 1 is 1.06 bits per heavy atom. The summed E-state index contributed by atoms with van der Waals surface area (Å²) in [5, 5.41) is 24.7. The molecule has 1 heterocycles. The summed E-state index contributed by atoms with van der Waals surface area (Å²) in [4.78, 5) is 37.2. The molecular formula is C27H25N3O4S2. The van der Waals surface area contributed by atoms with Gasteiger partial charge in [-0.1, -0.05) is 36.4 Å². The van der Waals surface area contributed by atoms with Gasteiger partial charge in [0.15, 0.2) is 0 Å². The van der Waals surface area contributed by atoms with Crippen molar-refractivity contribution in [2.75, 3.05) is 16.4 Å². The van der Waals surface area contributed by atoms with Crippen LogP contribution < -0.4 is 10.6 Å². The number of nitriles is 1. The molecule has 0 bridgehead atoms. The summed E-state index contributed by atoms with van der Waals surface area (Å²) in [6.07, 6.45) is 2.34. The summed E-state index contributed by atoms with van der Waals surface area (Å²) < 4.78 is 0. The monoisotopic (exact) mass is 519 g/mol. The number of amides is 2. The average Bonchev–Trinajstić information content (AvgIpc) is 3.23. The number of aliphatic carboxylic acids is 1. The summed E-state index contributed by atoms with van der Waals surface area (Å²) in [7, 11) is 0. The molecule has 1 unspecified atom stereocenters. The van der Waals surface area contributed by atoms with Crippen molar-refractivity contribution >= 4 is 51.6 Å². The maximum absolute atomic E-state index is 12.7. The van der Waals surface area contributed by atoms with Crippen LogP contribution in [0.25, 0.3) is 0 Å². The minimum atomic E-state index is -1.03. The molecule has 0 radical (unpaired) electrons. The predicted molar refractivity (Wildman–Crippen MR) is 142 cm³/mol. The molecule has 0 fully saturated rings. The van der Waals surface area contributed by atoms with Gasteiger partial charge in [-0.15, -0.1) is 23.1 Å². The van der Waals surface area contributed by atoms with Crippen LogP contribution in [0.3, 0.4) is 0 Å². The van der Waals surface area contributed by atoms with Gasteiger partial charge in [-0.2, -0.15) is 5.26 Å². The van der Waals surface area contributed by atoms with E-state index in [9.17, 15) is 19.6 Å². The molecule has 3 aromatic rings. The molecule has 2 aromatic carbocycles. The highest BCUT2D eigenvalue weighted by Crippen LogP contribution is 2.42. The smallest absolute Gasteiger partial charge is 0.303 e. The van der Waals surface area contributed by atoms with Crippen LogP contribution in [0.15, 0.2) is 59.5 Å². The number of benzene rings is 2. The predicted octanol–water partition coefficient (Wildman–Crippen LogP) is 5.43. The highest BCUT2D eigenvalue weighted by molar-refractivity contribution is 8.00. The maximum atomic E-state index is 12.7. The van der Waals surface area contributed by atoms with Gasteiger partial charge in [0, 0.05) is 21.9 Å². The number of hydrogen-bond donors (Lipinski definition) is 3. The Hall–Kier alpha value is -3.61. The topological polar surface area (TPSA) is 119 Å². The van der Waals surface area contributed by atoms with Crippen LogP contribution in [0.1, 0.15) is 46.7 Å². The molecule has 0 aliphatic heterocycles. The number of thiophene rings is 1. The maximum Gasteiger partial charge on any atom is 0.303 e. The fraction of sp³-hybridized carbons (Fsp3) is 0.259. The van der Waals surface area contributed by atoms with E-state index in [0.717, 1.165) is 29.7 Å². The Bertz CT molecular complexity index is 1310. The van der Waals surface area contributed by atoms with Crippen molar-refractivity contribution in [3.05, 3.63) is 76.2 Å². The van der Waals surface area contributed by atoms with E-state index in [1.165, 1.54) is 33.5 Å². The fourth-order valence-electron chi connectivity index (χ4n) is 4.22. The van der Waals surface area contributed by atoms with Gasteiger partial charge in [0.05, 0.1) is 17.7 Å². The van der Waals surface area contributed by atoms with E-state index in [1.54, 1.807) is 18.2 Å². The van der Waals surface area contributed by atoms with E-state index < -0.39 is 5.97 Å². The summed E-state index contributed by atoms with van der Waals surface area (Å²) in [6.45, 7) is 0. The van der Waals surface area contributed by atoms with Gasteiger partial charge >= 0.3 is 5.97 Å². The van der Waals surface area contributed by atoms with Crippen LogP contribution in [0, 0.1) is 11.3 Å². The van der Waals surface area contributed by atoms with Crippen molar-refractivity contribution in [3.63, 3.8) is 0 Å². The first-order valence-corrected chi connectivity index (χ1v) is 13.4. The van der Waals surface area contributed by atoms with Gasteiger partial charge in [-0.05, 0) is 54.5 Å². The molecule has 9 heteroatoms. The number of carboxylic acid groups (broad SMARTS) is 1. The van der Waals surface area contributed by atoms with Crippen LogP contribution in [0.2, 0.25) is 0 Å². The van der Waals surface area contributed by atoms with Crippen LogP contribution in [-0.4, -0.2) is 28.6 Å². The minimum Gasteiger partial charge on any atom is -0.481 e. The quantitative estimate of drug-likeness (QED) is 0.325. The van der Waals surface area contributed by atoms with E-state index in [-0.39, 0.29) is 30.4 Å². The molecule has 1 atom stereocenters. The normalized spacial score (nSPS) is 14.4. The number of nitrogens with zero attached hydrogens (tertiary/aromatic N) is 1. The van der Waals surface area contributed by atoms with Gasteiger partial charge in [-0.3, -0.25) is 14.4 Å². The molecule has 36 heavy (non-hydrogen) atoms. The molecule has 1 aliphatic carbocycles. The third-order valence-corrected chi connectivity index (χ3v) is 8.12. The molecule has 1 aromatic heterocycles. The van der Waals surface area contributed by atoms with E-state index in [1.807, 2.05) is 24.3 Å². The Morgan fingerprint density at radius 2 is 1.86 bits per heavy atom. The molecular weight excluding hydrogens is 494 g/mol. The van der Waals surface area contributed by atoms with Crippen LogP contribution in [0.4, 0.5) is 10.7 Å². The third kappa shape index (κ3) is 6.53. The summed E-state index contributed by atoms with van der Waals surface area (Å²) in [5.74, 6) is -1.04. The summed E-state index contributed by atoms with van der Waals surface area (Å²) >= 11 is 2.82. The number of thioether (sulfide) groups is 1. The number of carboxylic acids is 1. The van der Waals surface area contributed by atoms with Gasteiger partial charge in [0.25, 0.3) is 0 Å². The summed E-state index contributed by atoms with van der Waals surface area (Å²) in [5.41, 5.74) is 3.48. The highest BCUT2D eigenvalue weighted by Gasteiger charge is 2.27. The summed E-state index contributed by atoms with van der Waals surface area (Å²) in [6, 6.07) is 19.7. The molecule has 1 aliphatic rings. The Kier molecular flexibility index (Phi) is 8.41. The zero-order valence-corrected chi connectivity index (χ0v) is 21.1. The van der Waals surface area contributed by atoms with E-state index >= 15 is 0 Å². The van der Waals surface area contributed by atoms with E-state index in [4.69, 9.17) is 5.11 Å². The second-order valence-electron chi connectivity index (χ2n) is 8.48. The van der Waals surface area contributed by atoms with Crippen molar-refractivity contribution in [3.8, 4) is 6.07 Å². The second-order valence-corrected chi connectivity index (χ2v) is 10.6. The first-order valence-electron chi connectivity index (χ1n) is 11.6. The van der Waals surface area contributed by atoms with E-state index in [2.05, 4.69) is 28.8 Å². The number of carbonyl (C=O) groups is 3. The number of rotatable bonds is 9. The van der Waals surface area contributed by atoms with Crippen LogP contribution >= 0.6 is 23.1 Å². The number of hydrogen-bond acceptors (Lipinski definition) is 6. The lowest BCUT2D eigenvalue weighted by molar-refractivity contribution is -0.138. The molecule has 184 valence electrons. The largest absolute Gasteiger partial charge is 0.481 e. The van der Waals surface area contributed by atoms with E-state index in [0.29, 0.717) is 22.2 Å². The first kappa shape index (κ1) is 25.5. The van der Waals surface area contributed by atoms with Crippen LogP contribution in [0.5, 0.6) is 0 Å². The van der Waals surface area contributed by atoms with Gasteiger partial charge in [0.1, 0.15) is 11.1 Å². The fourth-order valence-corrected chi connectivity index (χ4v) is 6.27. The zero-order chi connectivity index (χ0) is 25.5. The lowest BCUT2D eigenvalue weighted by atomic mass is 9.83. The Balaban J connectivity index is 1.35. The molecule has 0 saturated carbocycles. The zero-order valence-electron chi connectivity index (χ0n) is 19.5. The van der Waals surface area contributed by atoms with Gasteiger partial charge in [-0.25, -0.2) is 0 Å². The molecule has 0 saturated heterocycles. The molecule has 3 N–H and O–H groups in total. The number of fused-ring (bicyclic) bond motifs is 1. The lowest BCUT2D eigenvalue weighted by Crippen LogP contribution is -2.14. The second kappa shape index (κ2) is 11.9. The van der Waals surface area contributed by atoms with Crippen molar-refractivity contribution < 1.29 is 19.5 Å². The van der Waals surface area contributed by atoms with Crippen molar-refractivity contribution in [2.45, 2.75) is 42.9 Å². The van der Waals surface area contributed by atoms with Crippen molar-refractivity contribution in [1.82, 2.24) is 0 Å². The standard InChI is InChI=1S/C27H25N3O4S2/c28-15-22-21-10-9-18(17-5-2-1-3-6-17)13-23(21)36-27(22)30-25(32)16-35-20-8-4-7-19(14-20)29-24(31)11-12-26(33)34/h1-8,14,18H,9-13,16H2,(H,29,31)(H,30,32)(H,33,34). The SMILES string of the molecule is N#Cc1c(NC(=O)CSc2cccc(NC(=O)CCC(=O)O)c2)sc2c1CCC(c1ccccc1)C2. The number of anilines is 2. The Morgan fingerprint density at radius 3 is 2.61 bits per heavy atom. The van der Waals surface area contributed by atoms with Gasteiger partial charge < -0.3 is 15.7 Å². The van der Waals surface area contributed by atoms with Crippen molar-refractivity contribution in [1.29, 1.82) is 5.26 Å². The van der Waals surface area contributed by atoms with Crippen molar-refractivity contribution in [2.24, 2.45) is 0 Å². The molecule has 4 rings (SSSR count). The first-order chi connectivity index (χ1) is 17.4. The highest BCUT2D eigenvalue weighted by atomic mass is 32.2. The Labute approximate surface area is 217 Å². The molecule has 0 spiro atoms. The number of carbonyl (C=O) groups excluding carboxylic acids is 2. The third-order valence-electron chi connectivity index (χ3n) is 5.95. The van der Waals surface area contributed by atoms with Crippen LogP contribution in [-0.2, 0) is 27.2 Å². The van der Waals surface area contributed by atoms with Gasteiger partial charge in [0.2, 0.25) is 11.8 Å². The molecule has 2 amide bonds. The lowest BCUT2D eigenvalue weighted by Gasteiger charge is -2.22. The average molecular weight is 520 g/mol. The number of nitrogens with one attached hydrogen (secondary N) is 2. The molecule has 7 nitrogen and oxygen atoms in total.